The number of methoxy groups -OCH3 is 3. The Labute approximate surface area is 507 Å². The van der Waals surface area contributed by atoms with Gasteiger partial charge in [0.15, 0.2) is 28.2 Å². The van der Waals surface area contributed by atoms with E-state index in [0.29, 0.717) is 98.1 Å². The highest BCUT2D eigenvalue weighted by atomic mass is 33.1. The number of amides is 4. The molecular formula is C61H70N6O16S3. The first-order valence-electron chi connectivity index (χ1n) is 28.3. The number of hydroxylamine groups is 2. The minimum Gasteiger partial charge on any atom is -0.493 e. The normalized spacial score (nSPS) is 17.3. The van der Waals surface area contributed by atoms with Crippen LogP contribution >= 0.6 is 21.6 Å². The number of imide groups is 1. The molecule has 86 heavy (non-hydrogen) atoms. The number of anilines is 5. The molecule has 25 heteroatoms. The molecular weight excluding hydrogens is 1170 g/mol. The Morgan fingerprint density at radius 3 is 1.72 bits per heavy atom. The van der Waals surface area contributed by atoms with Crippen LogP contribution in [-0.4, -0.2) is 156 Å². The van der Waals surface area contributed by atoms with E-state index < -0.39 is 37.9 Å². The Balaban J connectivity index is 0.921. The van der Waals surface area contributed by atoms with Gasteiger partial charge < -0.3 is 63.3 Å². The van der Waals surface area contributed by atoms with E-state index in [-0.39, 0.29) is 73.8 Å². The van der Waals surface area contributed by atoms with E-state index in [1.54, 1.807) is 31.4 Å². The van der Waals surface area contributed by atoms with Crippen LogP contribution in [0.4, 0.5) is 28.4 Å². The maximum atomic E-state index is 14.3. The summed E-state index contributed by atoms with van der Waals surface area (Å²) < 4.78 is 76.4. The molecule has 3 atom stereocenters. The van der Waals surface area contributed by atoms with Crippen molar-refractivity contribution in [3.05, 3.63) is 124 Å². The topological polar surface area (TPSA) is 251 Å². The summed E-state index contributed by atoms with van der Waals surface area (Å²) in [6.07, 6.45) is 0.702. The van der Waals surface area contributed by atoms with E-state index >= 15 is 0 Å². The Bertz CT molecular complexity index is 3310. The van der Waals surface area contributed by atoms with E-state index in [4.69, 9.17) is 38.0 Å². The molecule has 5 aromatic carbocycles. The average Bonchev–Trinajstić information content (AvgIpc) is 1.77. The van der Waals surface area contributed by atoms with Gasteiger partial charge in [-0.15, -0.1) is 5.06 Å². The van der Waals surface area contributed by atoms with Gasteiger partial charge in [0.2, 0.25) is 0 Å². The molecule has 5 aliphatic rings. The Morgan fingerprint density at radius 1 is 0.698 bits per heavy atom. The summed E-state index contributed by atoms with van der Waals surface area (Å²) >= 11 is 0. The highest BCUT2D eigenvalue weighted by Gasteiger charge is 2.42. The second-order valence-electron chi connectivity index (χ2n) is 21.9. The molecule has 1 saturated heterocycles. The van der Waals surface area contributed by atoms with Crippen LogP contribution in [-0.2, 0) is 69.6 Å². The number of nitrogens with one attached hydrogen (secondary N) is 2. The molecule has 0 spiro atoms. The molecule has 0 bridgehead atoms. The Hall–Kier alpha value is -7.26. The summed E-state index contributed by atoms with van der Waals surface area (Å²) in [7, 11) is 2.38. The quantitative estimate of drug-likeness (QED) is 0.0187. The van der Waals surface area contributed by atoms with E-state index in [1.165, 1.54) is 35.8 Å². The van der Waals surface area contributed by atoms with Crippen molar-refractivity contribution in [1.29, 1.82) is 0 Å². The van der Waals surface area contributed by atoms with Crippen LogP contribution in [0.5, 0.6) is 23.0 Å². The van der Waals surface area contributed by atoms with Crippen LogP contribution in [0.1, 0.15) is 76.1 Å². The van der Waals surface area contributed by atoms with Gasteiger partial charge in [-0.3, -0.25) is 23.7 Å². The van der Waals surface area contributed by atoms with Crippen molar-refractivity contribution in [1.82, 2.24) is 5.06 Å². The molecule has 0 aromatic heterocycles. The van der Waals surface area contributed by atoms with Crippen LogP contribution in [0, 0.1) is 0 Å². The molecule has 0 radical (unpaired) electrons. The average molecular weight is 1240 g/mol. The summed E-state index contributed by atoms with van der Waals surface area (Å²) in [5.74, 6) is -1.66. The first-order chi connectivity index (χ1) is 41.4. The largest absolute Gasteiger partial charge is 0.493 e. The number of hydrogen-bond acceptors (Lipinski definition) is 20. The molecule has 3 N–H and O–H groups in total. The maximum absolute atomic E-state index is 14.3. The summed E-state index contributed by atoms with van der Waals surface area (Å²) in [4.78, 5) is 76.7. The first kappa shape index (κ1) is 61.8. The summed E-state index contributed by atoms with van der Waals surface area (Å²) in [6.45, 7) is 7.79. The van der Waals surface area contributed by atoms with Crippen molar-refractivity contribution in [3.8, 4) is 23.0 Å². The molecule has 5 aromatic rings. The lowest BCUT2D eigenvalue weighted by Gasteiger charge is -2.34. The van der Waals surface area contributed by atoms with Crippen LogP contribution in [0.25, 0.3) is 0 Å². The number of hydrogen-bond donors (Lipinski definition) is 3. The van der Waals surface area contributed by atoms with Crippen molar-refractivity contribution in [2.24, 2.45) is 0 Å². The maximum Gasteiger partial charge on any atom is 0.353 e. The van der Waals surface area contributed by atoms with Gasteiger partial charge in [-0.1, -0.05) is 58.0 Å². The minimum atomic E-state index is -4.99. The molecule has 0 aliphatic carbocycles. The van der Waals surface area contributed by atoms with E-state index in [0.717, 1.165) is 52.2 Å². The zero-order chi connectivity index (χ0) is 60.7. The molecule has 5 aliphatic heterocycles. The molecule has 1 unspecified atom stereocenters. The van der Waals surface area contributed by atoms with E-state index in [1.807, 2.05) is 78.2 Å². The lowest BCUT2D eigenvalue weighted by molar-refractivity contribution is -0.197. The molecule has 4 amide bonds. The Morgan fingerprint density at radius 2 is 1.21 bits per heavy atom. The predicted octanol–water partition coefficient (Wildman–Crippen LogP) is 7.76. The number of benzene rings is 5. The molecule has 5 heterocycles. The first-order valence-corrected chi connectivity index (χ1v) is 32.1. The van der Waals surface area contributed by atoms with Gasteiger partial charge in [-0.2, -0.15) is 8.42 Å². The van der Waals surface area contributed by atoms with Gasteiger partial charge in [0, 0.05) is 85.8 Å². The number of fused-ring (bicyclic) bond motifs is 8. The molecule has 0 saturated carbocycles. The lowest BCUT2D eigenvalue weighted by Crippen LogP contribution is -2.40. The zero-order valence-corrected chi connectivity index (χ0v) is 50.9. The fourth-order valence-corrected chi connectivity index (χ4v) is 14.7. The highest BCUT2D eigenvalue weighted by molar-refractivity contribution is 8.77. The summed E-state index contributed by atoms with van der Waals surface area (Å²) in [5.41, 5.74) is 8.44. The van der Waals surface area contributed by atoms with Crippen molar-refractivity contribution in [3.63, 3.8) is 0 Å². The van der Waals surface area contributed by atoms with Crippen LogP contribution in [0.3, 0.4) is 0 Å². The fourth-order valence-electron chi connectivity index (χ4n) is 11.2. The van der Waals surface area contributed by atoms with E-state index in [9.17, 15) is 36.9 Å². The number of carbonyl (C=O) groups excluding carboxylic acids is 5. The van der Waals surface area contributed by atoms with Gasteiger partial charge in [0.05, 0.1) is 81.8 Å². The third-order valence-corrected chi connectivity index (χ3v) is 19.8. The zero-order valence-electron chi connectivity index (χ0n) is 48.5. The van der Waals surface area contributed by atoms with Crippen molar-refractivity contribution >= 4 is 89.7 Å². The number of carbonyl (C=O) groups is 5. The standard InChI is InChI=1S/C61H70N6O16S3/c1-61(2,85-84-23-16-55(86(73,74)75)60(72)83-67-56(68)14-15-57(67)69)37-64(17-18-79-21-22-80-20-19-76-3)42-25-38(35-81-53-31-47-45(29-51(53)77-4)58(70)65-43(33-62-47)27-40-10-6-8-12-49(40)65)24-39(26-42)36-82-54-32-48-46(30-52(54)78-5)59(71)66-44(34-63-48)28-41-11-7-9-13-50(41)66/h6-13,24-26,29-32,43-44,55,62-63H,14-23,27-28,33-37H2,1-5H3,(H,73,74,75)/t43-,44-,55?/m0/s1. The predicted molar refractivity (Wildman–Crippen MR) is 327 cm³/mol. The van der Waals surface area contributed by atoms with Crippen molar-refractivity contribution in [2.75, 3.05) is 112 Å². The fraction of sp³-hybridized carbons (Fsp3) is 0.426. The molecule has 1 fully saturated rings. The van der Waals surface area contributed by atoms with Crippen molar-refractivity contribution in [2.45, 2.75) is 81.2 Å². The lowest BCUT2D eigenvalue weighted by atomic mass is 10.1. The van der Waals surface area contributed by atoms with Gasteiger partial charge in [-0.05, 0) is 97.8 Å². The van der Waals surface area contributed by atoms with Gasteiger partial charge in [0.25, 0.3) is 33.7 Å². The van der Waals surface area contributed by atoms with Crippen molar-refractivity contribution < 1.29 is 74.9 Å². The monoisotopic (exact) mass is 1240 g/mol. The van der Waals surface area contributed by atoms with Gasteiger partial charge in [0.1, 0.15) is 13.2 Å². The number of rotatable bonds is 28. The molecule has 458 valence electrons. The van der Waals surface area contributed by atoms with Crippen LogP contribution < -0.4 is 44.3 Å². The highest BCUT2D eigenvalue weighted by Crippen LogP contribution is 2.44. The third-order valence-electron chi connectivity index (χ3n) is 15.3. The second-order valence-corrected chi connectivity index (χ2v) is 26.6. The number of ether oxygens (including phenoxy) is 7. The summed E-state index contributed by atoms with van der Waals surface area (Å²) in [5, 5.41) is 5.23. The molecule has 10 rings (SSSR count). The van der Waals surface area contributed by atoms with Crippen LogP contribution in [0.15, 0.2) is 91.0 Å². The van der Waals surface area contributed by atoms with E-state index in [2.05, 4.69) is 27.7 Å². The molecule has 22 nitrogen and oxygen atoms in total. The SMILES string of the molecule is COCCOCCOCCN(CC(C)(C)SSCCC(C(=O)ON1C(=O)CCC1=O)S(=O)(=O)O)c1cc(COc2cc3c(cc2OC)C(=O)N2c4ccccc4C[C@H]2CN3)cc(COc2cc3c(cc2OC)C(=O)N2c4ccccc4C[C@H]2CN3)c1. The number of para-hydroxylation sites is 2. The smallest absolute Gasteiger partial charge is 0.353 e. The van der Waals surface area contributed by atoms with Gasteiger partial charge >= 0.3 is 5.97 Å². The third kappa shape index (κ3) is 14.1. The van der Waals surface area contributed by atoms with Crippen LogP contribution in [0.2, 0.25) is 0 Å². The van der Waals surface area contributed by atoms with Gasteiger partial charge in [-0.25, -0.2) is 4.79 Å². The second kappa shape index (κ2) is 27.2. The summed E-state index contributed by atoms with van der Waals surface area (Å²) in [6, 6.07) is 28.8. The minimum absolute atomic E-state index is 0.0512. The Kier molecular flexibility index (Phi) is 19.5. The number of nitrogens with zero attached hydrogens (tertiary/aromatic N) is 4.